The summed E-state index contributed by atoms with van der Waals surface area (Å²) < 4.78 is 5.16. The van der Waals surface area contributed by atoms with Crippen LogP contribution < -0.4 is 10.6 Å². The fraction of sp³-hybridized carbons (Fsp3) is 0.562. The number of nitrogens with one attached hydrogen (secondary N) is 2. The number of rotatable bonds is 6. The van der Waals surface area contributed by atoms with Crippen molar-refractivity contribution in [3.8, 4) is 0 Å². The molecule has 0 saturated heterocycles. The van der Waals surface area contributed by atoms with E-state index < -0.39 is 5.60 Å². The summed E-state index contributed by atoms with van der Waals surface area (Å²) in [5.74, 6) is 0. The van der Waals surface area contributed by atoms with Crippen molar-refractivity contribution in [2.75, 3.05) is 13.1 Å². The summed E-state index contributed by atoms with van der Waals surface area (Å²) >= 11 is 5.92. The number of hydrogen-bond donors (Lipinski definition) is 2. The van der Waals surface area contributed by atoms with Gasteiger partial charge >= 0.3 is 6.09 Å². The first-order chi connectivity index (χ1) is 9.78. The van der Waals surface area contributed by atoms with Crippen molar-refractivity contribution in [3.05, 3.63) is 34.3 Å². The number of alkyl carbamates (subject to hydrolysis) is 1. The molecule has 0 aromatic heterocycles. The van der Waals surface area contributed by atoms with Crippen LogP contribution in [0, 0.1) is 6.92 Å². The second-order valence-electron chi connectivity index (χ2n) is 6.03. The van der Waals surface area contributed by atoms with E-state index in [4.69, 9.17) is 16.3 Å². The summed E-state index contributed by atoms with van der Waals surface area (Å²) in [6.07, 6.45) is 0.488. The zero-order valence-electron chi connectivity index (χ0n) is 13.3. The molecule has 0 radical (unpaired) electrons. The van der Waals surface area contributed by atoms with Crippen LogP contribution in [0.5, 0.6) is 0 Å². The van der Waals surface area contributed by atoms with Crippen LogP contribution in [0.15, 0.2) is 18.2 Å². The average Bonchev–Trinajstić information content (AvgIpc) is 2.33. The normalized spacial score (nSPS) is 11.3. The van der Waals surface area contributed by atoms with E-state index >= 15 is 0 Å². The molecule has 21 heavy (non-hydrogen) atoms. The molecule has 4 nitrogen and oxygen atoms in total. The smallest absolute Gasteiger partial charge is 0.407 e. The van der Waals surface area contributed by atoms with Gasteiger partial charge < -0.3 is 15.4 Å². The molecule has 1 amide bonds. The lowest BCUT2D eigenvalue weighted by atomic mass is 10.1. The van der Waals surface area contributed by atoms with Crippen LogP contribution in [0.2, 0.25) is 5.02 Å². The number of carbonyl (C=O) groups is 1. The number of carbonyl (C=O) groups excluding carboxylic acids is 1. The minimum atomic E-state index is -0.450. The van der Waals surface area contributed by atoms with Crippen molar-refractivity contribution in [3.63, 3.8) is 0 Å². The van der Waals surface area contributed by atoms with Crippen LogP contribution in [0.4, 0.5) is 4.79 Å². The van der Waals surface area contributed by atoms with Crippen LogP contribution in [-0.4, -0.2) is 24.8 Å². The van der Waals surface area contributed by atoms with Crippen molar-refractivity contribution in [1.82, 2.24) is 10.6 Å². The Labute approximate surface area is 132 Å². The molecule has 1 aromatic carbocycles. The summed E-state index contributed by atoms with van der Waals surface area (Å²) in [4.78, 5) is 11.4. The SMILES string of the molecule is Cc1cc(Cl)ccc1CNCCCNC(=O)OC(C)(C)C. The van der Waals surface area contributed by atoms with Crippen molar-refractivity contribution in [1.29, 1.82) is 0 Å². The summed E-state index contributed by atoms with van der Waals surface area (Å²) in [5.41, 5.74) is 1.97. The van der Waals surface area contributed by atoms with Gasteiger partial charge in [0, 0.05) is 18.1 Å². The highest BCUT2D eigenvalue weighted by Gasteiger charge is 2.15. The molecule has 1 aromatic rings. The second-order valence-corrected chi connectivity index (χ2v) is 6.47. The lowest BCUT2D eigenvalue weighted by molar-refractivity contribution is 0.0527. The second kappa shape index (κ2) is 8.25. The molecule has 0 aliphatic heterocycles. The minimum Gasteiger partial charge on any atom is -0.444 e. The summed E-state index contributed by atoms with van der Waals surface area (Å²) in [7, 11) is 0. The van der Waals surface area contributed by atoms with Gasteiger partial charge in [0.2, 0.25) is 0 Å². The highest BCUT2D eigenvalue weighted by Crippen LogP contribution is 2.14. The highest BCUT2D eigenvalue weighted by molar-refractivity contribution is 6.30. The Bertz CT molecular complexity index is 470. The molecule has 118 valence electrons. The highest BCUT2D eigenvalue weighted by atomic mass is 35.5. The van der Waals surface area contributed by atoms with Crippen LogP contribution in [0.1, 0.15) is 38.3 Å². The standard InChI is InChI=1S/C16H25ClN2O2/c1-12-10-14(17)7-6-13(12)11-18-8-5-9-19-15(20)21-16(2,3)4/h6-7,10,18H,5,8-9,11H2,1-4H3,(H,19,20). The van der Waals surface area contributed by atoms with E-state index in [0.717, 1.165) is 24.5 Å². The summed E-state index contributed by atoms with van der Waals surface area (Å²) in [5, 5.41) is 6.85. The van der Waals surface area contributed by atoms with Gasteiger partial charge in [-0.2, -0.15) is 0 Å². The monoisotopic (exact) mass is 312 g/mol. The quantitative estimate of drug-likeness (QED) is 0.788. The third-order valence-electron chi connectivity index (χ3n) is 2.82. The number of hydrogen-bond acceptors (Lipinski definition) is 3. The van der Waals surface area contributed by atoms with Crippen LogP contribution in [0.3, 0.4) is 0 Å². The van der Waals surface area contributed by atoms with E-state index in [1.165, 1.54) is 11.1 Å². The maximum atomic E-state index is 11.4. The topological polar surface area (TPSA) is 50.4 Å². The van der Waals surface area contributed by atoms with Gasteiger partial charge in [0.15, 0.2) is 0 Å². The molecule has 0 bridgehead atoms. The Kier molecular flexibility index (Phi) is 6.99. The Balaban J connectivity index is 2.13. The number of aryl methyl sites for hydroxylation is 1. The lowest BCUT2D eigenvalue weighted by Crippen LogP contribution is -2.33. The van der Waals surface area contributed by atoms with E-state index in [0.29, 0.717) is 6.54 Å². The van der Waals surface area contributed by atoms with Crippen molar-refractivity contribution in [2.24, 2.45) is 0 Å². The van der Waals surface area contributed by atoms with E-state index in [1.807, 2.05) is 45.9 Å². The Morgan fingerprint density at radius 2 is 2.00 bits per heavy atom. The van der Waals surface area contributed by atoms with Crippen molar-refractivity contribution < 1.29 is 9.53 Å². The van der Waals surface area contributed by atoms with Gasteiger partial charge in [-0.05, 0) is 63.9 Å². The molecule has 2 N–H and O–H groups in total. The molecular formula is C16H25ClN2O2. The van der Waals surface area contributed by atoms with Gasteiger partial charge in [-0.1, -0.05) is 17.7 Å². The van der Waals surface area contributed by atoms with Gasteiger partial charge in [-0.3, -0.25) is 0 Å². The molecule has 0 heterocycles. The lowest BCUT2D eigenvalue weighted by Gasteiger charge is -2.19. The average molecular weight is 313 g/mol. The predicted octanol–water partition coefficient (Wildman–Crippen LogP) is 3.65. The zero-order valence-corrected chi connectivity index (χ0v) is 14.0. The number of halogens is 1. The fourth-order valence-corrected chi connectivity index (χ4v) is 2.03. The third-order valence-corrected chi connectivity index (χ3v) is 3.05. The summed E-state index contributed by atoms with van der Waals surface area (Å²) in [6.45, 7) is 9.83. The van der Waals surface area contributed by atoms with Gasteiger partial charge in [0.25, 0.3) is 0 Å². The maximum absolute atomic E-state index is 11.4. The molecule has 0 atom stereocenters. The first-order valence-corrected chi connectivity index (χ1v) is 7.58. The number of ether oxygens (including phenoxy) is 1. The zero-order chi connectivity index (χ0) is 15.9. The van der Waals surface area contributed by atoms with Crippen LogP contribution in [-0.2, 0) is 11.3 Å². The number of amides is 1. The molecule has 0 aliphatic carbocycles. The molecule has 0 fully saturated rings. The van der Waals surface area contributed by atoms with E-state index in [2.05, 4.69) is 10.6 Å². The Morgan fingerprint density at radius 1 is 1.29 bits per heavy atom. The molecule has 1 rings (SSSR count). The number of benzene rings is 1. The van der Waals surface area contributed by atoms with E-state index in [1.54, 1.807) is 0 Å². The Morgan fingerprint density at radius 3 is 2.62 bits per heavy atom. The molecule has 0 saturated carbocycles. The van der Waals surface area contributed by atoms with E-state index in [-0.39, 0.29) is 6.09 Å². The maximum Gasteiger partial charge on any atom is 0.407 e. The Hall–Kier alpha value is -1.26. The van der Waals surface area contributed by atoms with Crippen LogP contribution in [0.25, 0.3) is 0 Å². The molecular weight excluding hydrogens is 288 g/mol. The van der Waals surface area contributed by atoms with Gasteiger partial charge in [0.1, 0.15) is 5.60 Å². The van der Waals surface area contributed by atoms with Gasteiger partial charge in [-0.25, -0.2) is 4.79 Å². The fourth-order valence-electron chi connectivity index (χ4n) is 1.80. The first-order valence-electron chi connectivity index (χ1n) is 7.20. The minimum absolute atomic E-state index is 0.365. The molecule has 5 heteroatoms. The molecule has 0 spiro atoms. The van der Waals surface area contributed by atoms with E-state index in [9.17, 15) is 4.79 Å². The largest absolute Gasteiger partial charge is 0.444 e. The predicted molar refractivity (Wildman–Crippen MR) is 86.7 cm³/mol. The van der Waals surface area contributed by atoms with Crippen molar-refractivity contribution in [2.45, 2.75) is 46.3 Å². The third kappa shape index (κ3) is 7.93. The first kappa shape index (κ1) is 17.8. The van der Waals surface area contributed by atoms with Crippen LogP contribution >= 0.6 is 11.6 Å². The van der Waals surface area contributed by atoms with Gasteiger partial charge in [0.05, 0.1) is 0 Å². The summed E-state index contributed by atoms with van der Waals surface area (Å²) in [6, 6.07) is 5.89. The molecule has 0 aliphatic rings. The van der Waals surface area contributed by atoms with Gasteiger partial charge in [-0.15, -0.1) is 0 Å². The molecule has 0 unspecified atom stereocenters. The van der Waals surface area contributed by atoms with Crippen molar-refractivity contribution >= 4 is 17.7 Å².